The van der Waals surface area contributed by atoms with E-state index in [4.69, 9.17) is 0 Å². The number of nitrogens with one attached hydrogen (secondary N) is 2. The van der Waals surface area contributed by atoms with Gasteiger partial charge in [-0.15, -0.1) is 0 Å². The van der Waals surface area contributed by atoms with Gasteiger partial charge in [-0.05, 0) is 82.5 Å². The molecule has 23 heavy (non-hydrogen) atoms. The highest BCUT2D eigenvalue weighted by Crippen LogP contribution is 2.63. The summed E-state index contributed by atoms with van der Waals surface area (Å²) in [4.78, 5) is 16.7. The molecule has 0 radical (unpaired) electrons. The monoisotopic (exact) mass is 334 g/mol. The first-order valence-corrected chi connectivity index (χ1v) is 9.52. The molecule has 4 aliphatic carbocycles. The van der Waals surface area contributed by atoms with Crippen LogP contribution in [-0.4, -0.2) is 20.9 Å². The maximum absolute atomic E-state index is 12.4. The van der Waals surface area contributed by atoms with Crippen molar-refractivity contribution in [2.24, 2.45) is 23.2 Å². The van der Waals surface area contributed by atoms with Crippen molar-refractivity contribution >= 4 is 22.7 Å². The van der Waals surface area contributed by atoms with Crippen LogP contribution >= 0.6 is 11.5 Å². The second-order valence-electron chi connectivity index (χ2n) is 8.55. The minimum atomic E-state index is -0.188. The SMILES string of the molecule is Cc1nsc(NC(=O)NC(C)(C)C23CC4CC(CC(C4)C2)C3)n1. The Labute approximate surface area is 141 Å². The Bertz CT molecular complexity index is 589. The van der Waals surface area contributed by atoms with Crippen molar-refractivity contribution in [2.75, 3.05) is 5.32 Å². The lowest BCUT2D eigenvalue weighted by Gasteiger charge is -2.62. The Morgan fingerprint density at radius 1 is 1.17 bits per heavy atom. The lowest BCUT2D eigenvalue weighted by molar-refractivity contribution is -0.0947. The number of aromatic nitrogens is 2. The van der Waals surface area contributed by atoms with E-state index in [1.807, 2.05) is 6.92 Å². The fourth-order valence-electron chi connectivity index (χ4n) is 5.77. The van der Waals surface area contributed by atoms with Crippen molar-refractivity contribution in [3.63, 3.8) is 0 Å². The van der Waals surface area contributed by atoms with Gasteiger partial charge in [-0.2, -0.15) is 4.37 Å². The van der Waals surface area contributed by atoms with Gasteiger partial charge in [-0.3, -0.25) is 5.32 Å². The summed E-state index contributed by atoms with van der Waals surface area (Å²) in [5, 5.41) is 6.68. The fourth-order valence-corrected chi connectivity index (χ4v) is 6.34. The smallest absolute Gasteiger partial charge is 0.321 e. The maximum Gasteiger partial charge on any atom is 0.321 e. The highest BCUT2D eigenvalue weighted by molar-refractivity contribution is 7.09. The van der Waals surface area contributed by atoms with Crippen molar-refractivity contribution < 1.29 is 4.79 Å². The van der Waals surface area contributed by atoms with Gasteiger partial charge in [0.15, 0.2) is 0 Å². The molecule has 2 amide bonds. The van der Waals surface area contributed by atoms with E-state index in [2.05, 4.69) is 33.8 Å². The first-order valence-electron chi connectivity index (χ1n) is 8.75. The molecule has 4 bridgehead atoms. The van der Waals surface area contributed by atoms with Gasteiger partial charge in [0.25, 0.3) is 0 Å². The summed E-state index contributed by atoms with van der Waals surface area (Å²) in [6.45, 7) is 6.26. The average Bonchev–Trinajstić information content (AvgIpc) is 2.81. The van der Waals surface area contributed by atoms with Gasteiger partial charge in [0.05, 0.1) is 0 Å². The average molecular weight is 334 g/mol. The fraction of sp³-hybridized carbons (Fsp3) is 0.824. The Hall–Kier alpha value is -1.17. The minimum absolute atomic E-state index is 0.151. The molecular formula is C17H26N4OS. The van der Waals surface area contributed by atoms with Crippen molar-refractivity contribution in [1.29, 1.82) is 0 Å². The first kappa shape index (κ1) is 15.4. The van der Waals surface area contributed by atoms with Crippen LogP contribution in [0.5, 0.6) is 0 Å². The summed E-state index contributed by atoms with van der Waals surface area (Å²) in [5.41, 5.74) is 0.0863. The quantitative estimate of drug-likeness (QED) is 0.879. The predicted octanol–water partition coefficient (Wildman–Crippen LogP) is 3.96. The summed E-state index contributed by atoms with van der Waals surface area (Å²) in [6, 6.07) is -0.151. The Kier molecular flexibility index (Phi) is 3.45. The third-order valence-electron chi connectivity index (χ3n) is 6.54. The highest BCUT2D eigenvalue weighted by Gasteiger charge is 2.57. The Balaban J connectivity index is 1.48. The number of hydrogen-bond acceptors (Lipinski definition) is 4. The van der Waals surface area contributed by atoms with Crippen LogP contribution in [0.1, 0.15) is 58.2 Å². The number of carbonyl (C=O) groups excluding carboxylic acids is 1. The van der Waals surface area contributed by atoms with E-state index in [0.29, 0.717) is 11.0 Å². The molecular weight excluding hydrogens is 308 g/mol. The number of urea groups is 1. The van der Waals surface area contributed by atoms with Gasteiger partial charge >= 0.3 is 6.03 Å². The topological polar surface area (TPSA) is 66.9 Å². The second-order valence-corrected chi connectivity index (χ2v) is 9.30. The Morgan fingerprint density at radius 2 is 1.74 bits per heavy atom. The largest absolute Gasteiger partial charge is 0.332 e. The van der Waals surface area contributed by atoms with Crippen LogP contribution in [0.3, 0.4) is 0 Å². The number of carbonyl (C=O) groups is 1. The van der Waals surface area contributed by atoms with Gasteiger partial charge < -0.3 is 5.32 Å². The summed E-state index contributed by atoms with van der Waals surface area (Å²) in [5.74, 6) is 3.36. The number of nitrogens with zero attached hydrogens (tertiary/aromatic N) is 2. The molecule has 126 valence electrons. The molecule has 0 atom stereocenters. The molecule has 2 N–H and O–H groups in total. The van der Waals surface area contributed by atoms with Gasteiger partial charge in [0.1, 0.15) is 5.82 Å². The third kappa shape index (κ3) is 2.65. The molecule has 4 saturated carbocycles. The van der Waals surface area contributed by atoms with E-state index >= 15 is 0 Å². The van der Waals surface area contributed by atoms with Gasteiger partial charge in [0.2, 0.25) is 5.13 Å². The Morgan fingerprint density at radius 3 is 2.22 bits per heavy atom. The number of aryl methyl sites for hydroxylation is 1. The molecule has 5 nitrogen and oxygen atoms in total. The summed E-state index contributed by atoms with van der Waals surface area (Å²) < 4.78 is 4.11. The molecule has 0 unspecified atom stereocenters. The normalized spacial score (nSPS) is 35.3. The van der Waals surface area contributed by atoms with Crippen LogP contribution < -0.4 is 10.6 Å². The molecule has 0 saturated heterocycles. The lowest BCUT2D eigenvalue weighted by atomic mass is 9.45. The van der Waals surface area contributed by atoms with Crippen LogP contribution in [0.4, 0.5) is 9.93 Å². The molecule has 0 spiro atoms. The molecule has 5 rings (SSSR count). The second kappa shape index (κ2) is 5.16. The molecule has 1 aromatic heterocycles. The summed E-state index contributed by atoms with van der Waals surface area (Å²) in [6.07, 6.45) is 8.11. The zero-order valence-electron chi connectivity index (χ0n) is 14.2. The van der Waals surface area contributed by atoms with E-state index in [-0.39, 0.29) is 17.0 Å². The molecule has 1 heterocycles. The third-order valence-corrected chi connectivity index (χ3v) is 7.26. The van der Waals surface area contributed by atoms with Crippen LogP contribution in [0, 0.1) is 30.1 Å². The number of rotatable bonds is 3. The van der Waals surface area contributed by atoms with Crippen LogP contribution in [0.25, 0.3) is 0 Å². The van der Waals surface area contributed by atoms with Crippen LogP contribution in [-0.2, 0) is 0 Å². The summed E-state index contributed by atoms with van der Waals surface area (Å²) >= 11 is 1.23. The van der Waals surface area contributed by atoms with Gasteiger partial charge in [-0.25, -0.2) is 9.78 Å². The lowest BCUT2D eigenvalue weighted by Crippen LogP contribution is -2.63. The van der Waals surface area contributed by atoms with Crippen molar-refractivity contribution in [3.05, 3.63) is 5.82 Å². The molecule has 1 aromatic rings. The number of anilines is 1. The van der Waals surface area contributed by atoms with E-state index in [0.717, 1.165) is 17.8 Å². The highest BCUT2D eigenvalue weighted by atomic mass is 32.1. The molecule has 0 aromatic carbocycles. The van der Waals surface area contributed by atoms with Crippen LogP contribution in [0.2, 0.25) is 0 Å². The number of amides is 2. The predicted molar refractivity (Wildman–Crippen MR) is 91.5 cm³/mol. The minimum Gasteiger partial charge on any atom is -0.332 e. The summed E-state index contributed by atoms with van der Waals surface area (Å²) in [7, 11) is 0. The van der Waals surface area contributed by atoms with E-state index in [1.54, 1.807) is 0 Å². The van der Waals surface area contributed by atoms with E-state index in [1.165, 1.54) is 50.1 Å². The molecule has 6 heteroatoms. The standard InChI is InChI=1S/C17H26N4OS/c1-10-18-15(23-21-10)19-14(22)20-16(2,3)17-7-11-4-12(8-17)6-13(5-11)9-17/h11-13H,4-9H2,1-3H3,(H2,18,19,20,21,22). The zero-order chi connectivity index (χ0) is 16.2. The first-order chi connectivity index (χ1) is 10.9. The van der Waals surface area contributed by atoms with Crippen molar-refractivity contribution in [1.82, 2.24) is 14.7 Å². The van der Waals surface area contributed by atoms with Gasteiger partial charge in [-0.1, -0.05) is 0 Å². The van der Waals surface area contributed by atoms with Gasteiger partial charge in [0, 0.05) is 17.1 Å². The zero-order valence-corrected chi connectivity index (χ0v) is 15.0. The maximum atomic E-state index is 12.4. The van der Waals surface area contributed by atoms with E-state index < -0.39 is 0 Å². The van der Waals surface area contributed by atoms with Crippen LogP contribution in [0.15, 0.2) is 0 Å². The molecule has 4 aliphatic rings. The number of hydrogen-bond donors (Lipinski definition) is 2. The van der Waals surface area contributed by atoms with E-state index in [9.17, 15) is 4.79 Å². The van der Waals surface area contributed by atoms with Crippen molar-refractivity contribution in [2.45, 2.75) is 64.8 Å². The molecule has 0 aliphatic heterocycles. The van der Waals surface area contributed by atoms with Crippen molar-refractivity contribution in [3.8, 4) is 0 Å². The molecule has 4 fully saturated rings.